The lowest BCUT2D eigenvalue weighted by atomic mass is 9.97. The van der Waals surface area contributed by atoms with Crippen molar-refractivity contribution in [2.75, 3.05) is 18.8 Å². The minimum absolute atomic E-state index is 0.623. The summed E-state index contributed by atoms with van der Waals surface area (Å²) >= 11 is 1.99. The molecule has 1 aliphatic heterocycles. The lowest BCUT2D eigenvalue weighted by molar-refractivity contribution is 0.209. The third kappa shape index (κ3) is 3.64. The minimum atomic E-state index is 0.623. The van der Waals surface area contributed by atoms with E-state index in [1.54, 1.807) is 0 Å². The Balaban J connectivity index is 1.89. The van der Waals surface area contributed by atoms with Crippen molar-refractivity contribution in [2.24, 2.45) is 0 Å². The van der Waals surface area contributed by atoms with Crippen LogP contribution in [0.5, 0.6) is 0 Å². The third-order valence-electron chi connectivity index (χ3n) is 4.44. The molecular weight excluding hydrogens is 304 g/mol. The number of benzene rings is 1. The van der Waals surface area contributed by atoms with Crippen molar-refractivity contribution in [1.82, 2.24) is 10.1 Å². The summed E-state index contributed by atoms with van der Waals surface area (Å²) in [5.41, 5.74) is 3.59. The molecule has 3 rings (SSSR count). The third-order valence-corrected chi connectivity index (χ3v) is 5.68. The molecule has 0 fully saturated rings. The van der Waals surface area contributed by atoms with E-state index >= 15 is 0 Å². The summed E-state index contributed by atoms with van der Waals surface area (Å²) in [5.74, 6) is 2.09. The van der Waals surface area contributed by atoms with Gasteiger partial charge < -0.3 is 4.52 Å². The van der Waals surface area contributed by atoms with Crippen molar-refractivity contribution in [1.29, 1.82) is 0 Å². The van der Waals surface area contributed by atoms with Crippen LogP contribution in [0.15, 0.2) is 33.7 Å². The standard InChI is InChI=1S/C19H26N2OS/c1-4-9-21(10-5-2)15-12-17-16(18-11-14(3)20-22-18)7-6-8-19(17)23-13-15/h6-8,11,15H,4-5,9-10,12-13H2,1-3H3. The van der Waals surface area contributed by atoms with E-state index in [0.717, 1.165) is 17.9 Å². The smallest absolute Gasteiger partial charge is 0.167 e. The molecule has 0 N–H and O–H groups in total. The molecule has 2 heterocycles. The Morgan fingerprint density at radius 2 is 2.04 bits per heavy atom. The van der Waals surface area contributed by atoms with E-state index in [4.69, 9.17) is 4.52 Å². The zero-order valence-electron chi connectivity index (χ0n) is 14.3. The molecular formula is C19H26N2OS. The molecule has 0 spiro atoms. The van der Waals surface area contributed by atoms with Crippen LogP contribution >= 0.6 is 11.8 Å². The van der Waals surface area contributed by atoms with Crippen molar-refractivity contribution < 1.29 is 4.52 Å². The molecule has 0 radical (unpaired) electrons. The van der Waals surface area contributed by atoms with E-state index in [-0.39, 0.29) is 0 Å². The molecule has 1 aromatic heterocycles. The van der Waals surface area contributed by atoms with Gasteiger partial charge in [0.15, 0.2) is 5.76 Å². The second-order valence-electron chi connectivity index (χ2n) is 6.32. The molecule has 4 heteroatoms. The van der Waals surface area contributed by atoms with Crippen LogP contribution < -0.4 is 0 Å². The van der Waals surface area contributed by atoms with Gasteiger partial charge in [-0.15, -0.1) is 11.8 Å². The molecule has 0 aliphatic carbocycles. The summed E-state index contributed by atoms with van der Waals surface area (Å²) in [5, 5.41) is 4.06. The van der Waals surface area contributed by atoms with Crippen molar-refractivity contribution >= 4 is 11.8 Å². The van der Waals surface area contributed by atoms with Gasteiger partial charge in [0.2, 0.25) is 0 Å². The Kier molecular flexibility index (Phi) is 5.44. The van der Waals surface area contributed by atoms with E-state index in [0.29, 0.717) is 6.04 Å². The van der Waals surface area contributed by atoms with Gasteiger partial charge in [0, 0.05) is 28.3 Å². The Hall–Kier alpha value is -1.26. The van der Waals surface area contributed by atoms with Gasteiger partial charge in [-0.2, -0.15) is 0 Å². The van der Waals surface area contributed by atoms with E-state index in [1.807, 2.05) is 24.8 Å². The average Bonchev–Trinajstić information content (AvgIpc) is 3.00. The fourth-order valence-corrected chi connectivity index (χ4v) is 4.64. The second kappa shape index (κ2) is 7.54. The SMILES string of the molecule is CCCN(CCC)C1CSc2cccc(-c3cc(C)no3)c2C1. The van der Waals surface area contributed by atoms with Crippen LogP contribution in [0.1, 0.15) is 37.9 Å². The fraction of sp³-hybridized carbons (Fsp3) is 0.526. The van der Waals surface area contributed by atoms with Crippen LogP contribution in [-0.2, 0) is 6.42 Å². The van der Waals surface area contributed by atoms with E-state index in [2.05, 4.69) is 42.1 Å². The van der Waals surface area contributed by atoms with Crippen molar-refractivity contribution in [2.45, 2.75) is 51.0 Å². The maximum Gasteiger partial charge on any atom is 0.167 e. The zero-order chi connectivity index (χ0) is 16.2. The first-order chi connectivity index (χ1) is 11.2. The van der Waals surface area contributed by atoms with Gasteiger partial charge in [-0.3, -0.25) is 4.90 Å². The quantitative estimate of drug-likeness (QED) is 0.761. The number of aryl methyl sites for hydroxylation is 1. The normalized spacial score (nSPS) is 17.5. The first-order valence-corrected chi connectivity index (χ1v) is 9.63. The highest BCUT2D eigenvalue weighted by Gasteiger charge is 2.26. The van der Waals surface area contributed by atoms with Crippen molar-refractivity contribution in [3.05, 3.63) is 35.5 Å². The highest BCUT2D eigenvalue weighted by molar-refractivity contribution is 7.99. The number of thioether (sulfide) groups is 1. The number of rotatable bonds is 6. The van der Waals surface area contributed by atoms with Gasteiger partial charge in [-0.05, 0) is 50.9 Å². The average molecular weight is 330 g/mol. The van der Waals surface area contributed by atoms with Crippen LogP contribution in [0, 0.1) is 6.92 Å². The summed E-state index contributed by atoms with van der Waals surface area (Å²) in [4.78, 5) is 4.07. The topological polar surface area (TPSA) is 29.3 Å². The predicted molar refractivity (Wildman–Crippen MR) is 97.0 cm³/mol. The molecule has 0 saturated carbocycles. The summed E-state index contributed by atoms with van der Waals surface area (Å²) in [7, 11) is 0. The molecule has 2 aromatic rings. The Morgan fingerprint density at radius 3 is 2.70 bits per heavy atom. The molecule has 1 aromatic carbocycles. The van der Waals surface area contributed by atoms with Crippen LogP contribution in [0.2, 0.25) is 0 Å². The van der Waals surface area contributed by atoms with Crippen LogP contribution in [-0.4, -0.2) is 34.9 Å². The maximum absolute atomic E-state index is 5.53. The molecule has 1 atom stereocenters. The summed E-state index contributed by atoms with van der Waals surface area (Å²) in [6, 6.07) is 9.21. The number of nitrogens with zero attached hydrogens (tertiary/aromatic N) is 2. The van der Waals surface area contributed by atoms with Crippen LogP contribution in [0.4, 0.5) is 0 Å². The first kappa shape index (κ1) is 16.6. The molecule has 3 nitrogen and oxygen atoms in total. The Morgan fingerprint density at radius 1 is 1.26 bits per heavy atom. The molecule has 124 valence electrons. The predicted octanol–water partition coefficient (Wildman–Crippen LogP) is 4.79. The number of hydrogen-bond acceptors (Lipinski definition) is 4. The largest absolute Gasteiger partial charge is 0.356 e. The Labute approximate surface area is 143 Å². The van der Waals surface area contributed by atoms with Crippen molar-refractivity contribution in [3.63, 3.8) is 0 Å². The van der Waals surface area contributed by atoms with E-state index in [1.165, 1.54) is 47.7 Å². The van der Waals surface area contributed by atoms with Gasteiger partial charge in [0.25, 0.3) is 0 Å². The van der Waals surface area contributed by atoms with Crippen LogP contribution in [0.3, 0.4) is 0 Å². The monoisotopic (exact) mass is 330 g/mol. The summed E-state index contributed by atoms with van der Waals surface area (Å²) < 4.78 is 5.53. The lowest BCUT2D eigenvalue weighted by Crippen LogP contribution is -2.41. The number of fused-ring (bicyclic) bond motifs is 1. The maximum atomic E-state index is 5.53. The fourth-order valence-electron chi connectivity index (χ4n) is 3.40. The van der Waals surface area contributed by atoms with E-state index < -0.39 is 0 Å². The molecule has 0 saturated heterocycles. The van der Waals surface area contributed by atoms with Crippen molar-refractivity contribution in [3.8, 4) is 11.3 Å². The second-order valence-corrected chi connectivity index (χ2v) is 7.38. The molecule has 1 aliphatic rings. The molecule has 23 heavy (non-hydrogen) atoms. The minimum Gasteiger partial charge on any atom is -0.356 e. The summed E-state index contributed by atoms with van der Waals surface area (Å²) in [6.07, 6.45) is 3.55. The highest BCUT2D eigenvalue weighted by atomic mass is 32.2. The molecule has 0 bridgehead atoms. The summed E-state index contributed by atoms with van der Waals surface area (Å²) in [6.45, 7) is 8.91. The van der Waals surface area contributed by atoms with E-state index in [9.17, 15) is 0 Å². The van der Waals surface area contributed by atoms with Gasteiger partial charge in [-0.25, -0.2) is 0 Å². The Bertz CT molecular complexity index is 647. The molecule has 1 unspecified atom stereocenters. The molecule has 0 amide bonds. The highest BCUT2D eigenvalue weighted by Crippen LogP contribution is 2.38. The van der Waals surface area contributed by atoms with Gasteiger partial charge in [0.1, 0.15) is 0 Å². The zero-order valence-corrected chi connectivity index (χ0v) is 15.2. The number of aromatic nitrogens is 1. The first-order valence-electron chi connectivity index (χ1n) is 8.65. The van der Waals surface area contributed by atoms with Gasteiger partial charge in [-0.1, -0.05) is 31.1 Å². The lowest BCUT2D eigenvalue weighted by Gasteiger charge is -2.35. The van der Waals surface area contributed by atoms with Gasteiger partial charge >= 0.3 is 0 Å². The van der Waals surface area contributed by atoms with Gasteiger partial charge in [0.05, 0.1) is 5.69 Å². The van der Waals surface area contributed by atoms with Crippen LogP contribution in [0.25, 0.3) is 11.3 Å². The number of hydrogen-bond donors (Lipinski definition) is 0.